The summed E-state index contributed by atoms with van der Waals surface area (Å²) in [7, 11) is -4.62. The van der Waals surface area contributed by atoms with E-state index in [1.54, 1.807) is 0 Å². The molecule has 1 heterocycles. The lowest BCUT2D eigenvalue weighted by Crippen LogP contribution is -2.50. The molecular formula is C8H12BF4NO4S. The first-order chi connectivity index (χ1) is 8.47. The molecule has 1 aliphatic rings. The van der Waals surface area contributed by atoms with E-state index >= 15 is 0 Å². The SMILES string of the molecule is BC(=O)N1CCC[C@@](F)(COS(=O)(=O)C(F)(F)F)C1. The van der Waals surface area contributed by atoms with Gasteiger partial charge in [-0.05, 0) is 12.8 Å². The molecule has 0 saturated carbocycles. The van der Waals surface area contributed by atoms with Crippen molar-refractivity contribution in [2.24, 2.45) is 0 Å². The zero-order valence-electron chi connectivity index (χ0n) is 10.0. The Morgan fingerprint density at radius 2 is 2.00 bits per heavy atom. The van der Waals surface area contributed by atoms with E-state index in [1.807, 2.05) is 0 Å². The molecular weight excluding hydrogens is 293 g/mol. The van der Waals surface area contributed by atoms with Gasteiger partial charge in [0.15, 0.2) is 11.5 Å². The maximum atomic E-state index is 14.2. The summed E-state index contributed by atoms with van der Waals surface area (Å²) < 4.78 is 75.2. The van der Waals surface area contributed by atoms with Crippen molar-refractivity contribution < 1.29 is 35.0 Å². The summed E-state index contributed by atoms with van der Waals surface area (Å²) >= 11 is 0. The number of rotatable bonds is 3. The van der Waals surface area contributed by atoms with Crippen LogP contribution in [0.2, 0.25) is 0 Å². The number of likely N-dealkylation sites (tertiary alicyclic amines) is 1. The zero-order valence-corrected chi connectivity index (χ0v) is 10.9. The first kappa shape index (κ1) is 16.2. The summed E-state index contributed by atoms with van der Waals surface area (Å²) in [4.78, 5) is 12.2. The molecule has 0 unspecified atom stereocenters. The van der Waals surface area contributed by atoms with Gasteiger partial charge in [0.25, 0.3) is 0 Å². The van der Waals surface area contributed by atoms with Crippen molar-refractivity contribution in [2.75, 3.05) is 19.7 Å². The molecule has 1 atom stereocenters. The van der Waals surface area contributed by atoms with Crippen molar-refractivity contribution in [3.05, 3.63) is 0 Å². The fraction of sp³-hybridized carbons (Fsp3) is 0.875. The molecule has 0 aromatic carbocycles. The van der Waals surface area contributed by atoms with Crippen molar-refractivity contribution >= 4 is 23.8 Å². The first-order valence-corrected chi connectivity index (χ1v) is 6.78. The highest BCUT2D eigenvalue weighted by Crippen LogP contribution is 2.30. The molecule has 5 nitrogen and oxygen atoms in total. The van der Waals surface area contributed by atoms with Gasteiger partial charge in [0, 0.05) is 6.54 Å². The second kappa shape index (κ2) is 5.27. The largest absolute Gasteiger partial charge is 0.523 e. The Morgan fingerprint density at radius 1 is 1.42 bits per heavy atom. The van der Waals surface area contributed by atoms with E-state index in [0.29, 0.717) is 0 Å². The Labute approximate surface area is 108 Å². The van der Waals surface area contributed by atoms with Gasteiger partial charge in [-0.3, -0.25) is 8.98 Å². The van der Waals surface area contributed by atoms with Gasteiger partial charge in [-0.15, -0.1) is 0 Å². The predicted octanol–water partition coefficient (Wildman–Crippen LogP) is 0.410. The molecule has 1 rings (SSSR count). The highest BCUT2D eigenvalue weighted by Gasteiger charge is 2.49. The standard InChI is InChI=1S/C8H12BF4NO4S/c9-6(15)14-3-1-2-7(10,4-14)5-18-19(16,17)8(11,12)13/h1-5,9H2/t7-/m0/s1. The van der Waals surface area contributed by atoms with Crippen molar-refractivity contribution in [3.8, 4) is 0 Å². The lowest BCUT2D eigenvalue weighted by Gasteiger charge is -2.36. The molecule has 1 saturated heterocycles. The van der Waals surface area contributed by atoms with Crippen LogP contribution in [0.4, 0.5) is 22.4 Å². The third-order valence-corrected chi connectivity index (χ3v) is 3.72. The lowest BCUT2D eigenvalue weighted by molar-refractivity contribution is -0.0598. The third kappa shape index (κ3) is 4.06. The molecule has 0 aromatic heterocycles. The maximum absolute atomic E-state index is 14.2. The fourth-order valence-electron chi connectivity index (χ4n) is 1.72. The van der Waals surface area contributed by atoms with Gasteiger partial charge in [-0.1, -0.05) is 0 Å². The molecule has 0 aliphatic carbocycles. The highest BCUT2D eigenvalue weighted by molar-refractivity contribution is 7.87. The molecule has 0 spiro atoms. The number of nitrogens with zero attached hydrogens (tertiary/aromatic N) is 1. The smallest absolute Gasteiger partial charge is 0.349 e. The van der Waals surface area contributed by atoms with Gasteiger partial charge in [0.1, 0.15) is 6.61 Å². The normalized spacial score (nSPS) is 25.4. The molecule has 1 aliphatic heterocycles. The number of hydrogen-bond donors (Lipinski definition) is 0. The molecule has 0 aromatic rings. The van der Waals surface area contributed by atoms with E-state index < -0.39 is 40.3 Å². The third-order valence-electron chi connectivity index (χ3n) is 2.73. The van der Waals surface area contributed by atoms with Crippen LogP contribution in [0.5, 0.6) is 0 Å². The number of amides is 1. The van der Waals surface area contributed by atoms with E-state index in [9.17, 15) is 30.8 Å². The molecule has 19 heavy (non-hydrogen) atoms. The van der Waals surface area contributed by atoms with Crippen LogP contribution in [0.25, 0.3) is 0 Å². The summed E-state index contributed by atoms with van der Waals surface area (Å²) in [5.74, 6) is -0.430. The summed E-state index contributed by atoms with van der Waals surface area (Å²) in [6.07, 6.45) is 0.0651. The molecule has 110 valence electrons. The fourth-order valence-corrected chi connectivity index (χ4v) is 2.22. The highest BCUT2D eigenvalue weighted by atomic mass is 32.2. The molecule has 0 bridgehead atoms. The quantitative estimate of drug-likeness (QED) is 0.328. The van der Waals surface area contributed by atoms with E-state index in [4.69, 9.17) is 0 Å². The van der Waals surface area contributed by atoms with Crippen molar-refractivity contribution in [2.45, 2.75) is 24.0 Å². The number of piperidine rings is 1. The minimum absolute atomic E-state index is 0.163. The molecule has 1 amide bonds. The second-order valence-corrected chi connectivity index (χ2v) is 5.96. The summed E-state index contributed by atoms with van der Waals surface area (Å²) in [6.45, 7) is -1.44. The average molecular weight is 305 g/mol. The average Bonchev–Trinajstić information content (AvgIpc) is 2.25. The van der Waals surface area contributed by atoms with Crippen molar-refractivity contribution in [3.63, 3.8) is 0 Å². The van der Waals surface area contributed by atoms with Gasteiger partial charge in [-0.2, -0.15) is 21.6 Å². The van der Waals surface area contributed by atoms with Gasteiger partial charge in [0.2, 0.25) is 7.85 Å². The molecule has 11 heteroatoms. The monoisotopic (exact) mass is 305 g/mol. The van der Waals surface area contributed by atoms with Crippen LogP contribution in [0.1, 0.15) is 12.8 Å². The maximum Gasteiger partial charge on any atom is 0.523 e. The predicted molar refractivity (Wildman–Crippen MR) is 59.5 cm³/mol. The molecule has 0 N–H and O–H groups in total. The minimum Gasteiger partial charge on any atom is -0.349 e. The molecule has 1 fully saturated rings. The van der Waals surface area contributed by atoms with Crippen LogP contribution in [-0.4, -0.2) is 57.8 Å². The zero-order chi connectivity index (χ0) is 14.9. The van der Waals surface area contributed by atoms with Crippen LogP contribution in [0.3, 0.4) is 0 Å². The van der Waals surface area contributed by atoms with Crippen LogP contribution in [0, 0.1) is 0 Å². The van der Waals surface area contributed by atoms with Crippen LogP contribution in [0.15, 0.2) is 0 Å². The Morgan fingerprint density at radius 3 is 2.47 bits per heavy atom. The number of hydrogen-bond acceptors (Lipinski definition) is 4. The van der Waals surface area contributed by atoms with E-state index in [1.165, 1.54) is 7.85 Å². The van der Waals surface area contributed by atoms with Crippen LogP contribution >= 0.6 is 0 Å². The number of alkyl halides is 4. The Kier molecular flexibility index (Phi) is 4.50. The van der Waals surface area contributed by atoms with E-state index in [-0.39, 0.29) is 19.4 Å². The van der Waals surface area contributed by atoms with Gasteiger partial charge >= 0.3 is 15.6 Å². The number of carbonyl (C=O) groups is 1. The first-order valence-electron chi connectivity index (χ1n) is 5.37. The number of halogens is 4. The summed E-state index contributed by atoms with van der Waals surface area (Å²) in [6, 6.07) is 0. The van der Waals surface area contributed by atoms with E-state index in [0.717, 1.165) is 4.90 Å². The summed E-state index contributed by atoms with van der Waals surface area (Å²) in [5, 5.41) is 0. The van der Waals surface area contributed by atoms with Crippen molar-refractivity contribution in [1.29, 1.82) is 0 Å². The Balaban J connectivity index is 2.69. The van der Waals surface area contributed by atoms with E-state index in [2.05, 4.69) is 4.18 Å². The Hall–Kier alpha value is -0.835. The van der Waals surface area contributed by atoms with Crippen LogP contribution in [-0.2, 0) is 14.3 Å². The van der Waals surface area contributed by atoms with Gasteiger partial charge in [0.05, 0.1) is 6.54 Å². The molecule has 0 radical (unpaired) electrons. The van der Waals surface area contributed by atoms with Crippen molar-refractivity contribution in [1.82, 2.24) is 4.90 Å². The number of carbonyl (C=O) groups excluding carboxylic acids is 1. The minimum atomic E-state index is -5.82. The second-order valence-electron chi connectivity index (χ2n) is 4.36. The van der Waals surface area contributed by atoms with Crippen LogP contribution < -0.4 is 0 Å². The van der Waals surface area contributed by atoms with Gasteiger partial charge in [-0.25, -0.2) is 4.39 Å². The van der Waals surface area contributed by atoms with Gasteiger partial charge < -0.3 is 4.90 Å². The topological polar surface area (TPSA) is 63.7 Å². The Bertz CT molecular complexity index is 454. The lowest BCUT2D eigenvalue weighted by atomic mass is 9.93. The summed E-state index contributed by atoms with van der Waals surface area (Å²) in [5.41, 5.74) is -7.87.